The summed E-state index contributed by atoms with van der Waals surface area (Å²) in [5, 5.41) is -0.278. The zero-order chi connectivity index (χ0) is 27.7. The van der Waals surface area contributed by atoms with E-state index in [1.54, 1.807) is 38.1 Å². The molecule has 10 nitrogen and oxygen atoms in total. The standard InChI is InChI=1S/C27H24N2O8S2/c1-3-35-18(30)13-37-17-8-6-5-7-16(17)19-20-22(38-23-21(19)39-27(34)28-23)25(32)29(24(20)31)15-11-9-14(10-12-15)26(33)36-4-2/h5-12,19-20,22H,3-4,13H2,1-2H3,(H,28,34)/t19-,20?,22?/m1/s1. The maximum Gasteiger partial charge on any atom is 0.344 e. The van der Waals surface area contributed by atoms with Crippen molar-refractivity contribution in [3.63, 3.8) is 0 Å². The van der Waals surface area contributed by atoms with Crippen LogP contribution in [0.2, 0.25) is 0 Å². The quantitative estimate of drug-likeness (QED) is 0.321. The molecule has 3 aromatic rings. The third kappa shape index (κ3) is 4.97. The molecule has 5 rings (SSSR count). The van der Waals surface area contributed by atoms with Crippen LogP contribution in [0.3, 0.4) is 0 Å². The fourth-order valence-electron chi connectivity index (χ4n) is 4.78. The predicted octanol–water partition coefficient (Wildman–Crippen LogP) is 3.35. The van der Waals surface area contributed by atoms with Crippen LogP contribution in [0.25, 0.3) is 0 Å². The van der Waals surface area contributed by atoms with Gasteiger partial charge in [0.15, 0.2) is 6.61 Å². The largest absolute Gasteiger partial charge is 0.482 e. The van der Waals surface area contributed by atoms with E-state index in [9.17, 15) is 24.0 Å². The molecule has 202 valence electrons. The summed E-state index contributed by atoms with van der Waals surface area (Å²) in [7, 11) is 0. The highest BCUT2D eigenvalue weighted by Crippen LogP contribution is 2.54. The average molecular weight is 569 g/mol. The lowest BCUT2D eigenvalue weighted by Crippen LogP contribution is -2.32. The number of para-hydroxylation sites is 1. The van der Waals surface area contributed by atoms with Gasteiger partial charge in [-0.2, -0.15) is 0 Å². The molecular formula is C27H24N2O8S2. The first-order valence-electron chi connectivity index (χ1n) is 12.3. The van der Waals surface area contributed by atoms with Gasteiger partial charge in [-0.3, -0.25) is 14.4 Å². The summed E-state index contributed by atoms with van der Waals surface area (Å²) in [6.07, 6.45) is 0. The van der Waals surface area contributed by atoms with Crippen LogP contribution >= 0.6 is 23.1 Å². The maximum atomic E-state index is 13.9. The number of benzene rings is 2. The molecule has 0 radical (unpaired) electrons. The number of imide groups is 1. The number of H-pyrrole nitrogens is 1. The predicted molar refractivity (Wildman–Crippen MR) is 143 cm³/mol. The number of ether oxygens (including phenoxy) is 3. The second kappa shape index (κ2) is 11.1. The molecule has 39 heavy (non-hydrogen) atoms. The molecule has 3 atom stereocenters. The Balaban J connectivity index is 1.53. The van der Waals surface area contributed by atoms with Crippen molar-refractivity contribution in [2.24, 2.45) is 5.92 Å². The number of esters is 2. The molecule has 2 aliphatic heterocycles. The van der Waals surface area contributed by atoms with Gasteiger partial charge in [-0.05, 0) is 44.2 Å². The van der Waals surface area contributed by atoms with Gasteiger partial charge < -0.3 is 19.2 Å². The minimum Gasteiger partial charge on any atom is -0.482 e. The topological polar surface area (TPSA) is 132 Å². The monoisotopic (exact) mass is 568 g/mol. The van der Waals surface area contributed by atoms with Gasteiger partial charge in [-0.1, -0.05) is 41.3 Å². The first-order chi connectivity index (χ1) is 18.8. The Kier molecular flexibility index (Phi) is 7.58. The summed E-state index contributed by atoms with van der Waals surface area (Å²) in [4.78, 5) is 68.2. The smallest absolute Gasteiger partial charge is 0.344 e. The van der Waals surface area contributed by atoms with Crippen molar-refractivity contribution in [1.29, 1.82) is 0 Å². The summed E-state index contributed by atoms with van der Waals surface area (Å²) in [6.45, 7) is 3.50. The molecule has 1 saturated heterocycles. The normalized spacial score (nSPS) is 19.8. The fourth-order valence-corrected chi connectivity index (χ4v) is 7.28. The van der Waals surface area contributed by atoms with E-state index in [1.165, 1.54) is 24.3 Å². The van der Waals surface area contributed by atoms with E-state index in [4.69, 9.17) is 14.2 Å². The molecule has 0 saturated carbocycles. The Morgan fingerprint density at radius 3 is 2.38 bits per heavy atom. The van der Waals surface area contributed by atoms with Crippen LogP contribution in [0.1, 0.15) is 40.6 Å². The number of amides is 2. The molecule has 0 bridgehead atoms. The van der Waals surface area contributed by atoms with Gasteiger partial charge in [0, 0.05) is 16.4 Å². The Morgan fingerprint density at radius 1 is 0.949 bits per heavy atom. The first kappa shape index (κ1) is 26.7. The van der Waals surface area contributed by atoms with Gasteiger partial charge in [0.1, 0.15) is 11.0 Å². The van der Waals surface area contributed by atoms with Crippen molar-refractivity contribution in [1.82, 2.24) is 4.98 Å². The number of hydrogen-bond donors (Lipinski definition) is 1. The third-order valence-corrected chi connectivity index (χ3v) is 8.77. The van der Waals surface area contributed by atoms with Gasteiger partial charge in [-0.25, -0.2) is 14.5 Å². The lowest BCUT2D eigenvalue weighted by Gasteiger charge is -2.30. The number of anilines is 1. The lowest BCUT2D eigenvalue weighted by atomic mass is 9.82. The van der Waals surface area contributed by atoms with Crippen LogP contribution in [0.15, 0.2) is 58.4 Å². The molecule has 3 heterocycles. The third-order valence-electron chi connectivity index (χ3n) is 6.37. The van der Waals surface area contributed by atoms with E-state index in [0.29, 0.717) is 32.5 Å². The SMILES string of the molecule is CCOC(=O)COc1ccccc1[C@H]1c2sc(=O)[nH]c2SC2C(=O)N(c3ccc(C(=O)OCC)cc3)C(=O)C21. The van der Waals surface area contributed by atoms with Crippen molar-refractivity contribution in [3.05, 3.63) is 74.2 Å². The molecule has 0 aliphatic carbocycles. The molecule has 2 aliphatic rings. The first-order valence-corrected chi connectivity index (χ1v) is 14.0. The summed E-state index contributed by atoms with van der Waals surface area (Å²) in [5.74, 6) is -3.05. The minimum atomic E-state index is -0.835. The van der Waals surface area contributed by atoms with Crippen molar-refractivity contribution >= 4 is 52.5 Å². The van der Waals surface area contributed by atoms with Crippen LogP contribution in [-0.4, -0.2) is 53.8 Å². The van der Waals surface area contributed by atoms with Gasteiger partial charge >= 0.3 is 16.8 Å². The molecule has 12 heteroatoms. The van der Waals surface area contributed by atoms with Gasteiger partial charge in [-0.15, -0.1) is 0 Å². The van der Waals surface area contributed by atoms with Crippen LogP contribution in [0, 0.1) is 5.92 Å². The molecule has 1 aromatic heterocycles. The van der Waals surface area contributed by atoms with E-state index in [0.717, 1.165) is 28.0 Å². The summed E-state index contributed by atoms with van der Waals surface area (Å²) < 4.78 is 15.8. The van der Waals surface area contributed by atoms with Crippen molar-refractivity contribution in [2.75, 3.05) is 24.7 Å². The highest BCUT2D eigenvalue weighted by molar-refractivity contribution is 8.00. The number of nitrogens with zero attached hydrogens (tertiary/aromatic N) is 1. The summed E-state index contributed by atoms with van der Waals surface area (Å²) in [6, 6.07) is 13.0. The van der Waals surface area contributed by atoms with Crippen LogP contribution in [0.4, 0.5) is 5.69 Å². The number of thioether (sulfide) groups is 1. The molecule has 1 N–H and O–H groups in total. The molecule has 0 spiro atoms. The molecular weight excluding hydrogens is 544 g/mol. The Labute approximate surface area is 231 Å². The van der Waals surface area contributed by atoms with Crippen LogP contribution in [-0.2, 0) is 23.9 Å². The number of fused-ring (bicyclic) bond motifs is 2. The number of aromatic amines is 1. The number of thiazole rings is 1. The highest BCUT2D eigenvalue weighted by atomic mass is 32.2. The van der Waals surface area contributed by atoms with Crippen LogP contribution in [0.5, 0.6) is 5.75 Å². The number of nitrogens with one attached hydrogen (secondary N) is 1. The zero-order valence-corrected chi connectivity index (χ0v) is 22.6. The Hall–Kier alpha value is -3.90. The lowest BCUT2D eigenvalue weighted by molar-refractivity contribution is -0.145. The van der Waals surface area contributed by atoms with Crippen molar-refractivity contribution in [3.8, 4) is 5.75 Å². The van der Waals surface area contributed by atoms with E-state index in [2.05, 4.69) is 4.98 Å². The summed E-state index contributed by atoms with van der Waals surface area (Å²) >= 11 is 2.14. The Bertz CT molecular complexity index is 1500. The Morgan fingerprint density at radius 2 is 1.67 bits per heavy atom. The molecule has 2 unspecified atom stereocenters. The van der Waals surface area contributed by atoms with Gasteiger partial charge in [0.25, 0.3) is 0 Å². The number of carbonyl (C=O) groups excluding carboxylic acids is 4. The number of hydrogen-bond acceptors (Lipinski definition) is 10. The van der Waals surface area contributed by atoms with E-state index in [1.807, 2.05) is 0 Å². The summed E-state index contributed by atoms with van der Waals surface area (Å²) in [5.41, 5.74) is 1.21. The van der Waals surface area contributed by atoms with E-state index < -0.39 is 40.8 Å². The second-order valence-electron chi connectivity index (χ2n) is 8.66. The van der Waals surface area contributed by atoms with Gasteiger partial charge in [0.2, 0.25) is 11.8 Å². The number of carbonyl (C=O) groups is 4. The molecule has 2 aromatic carbocycles. The van der Waals surface area contributed by atoms with Crippen molar-refractivity contribution in [2.45, 2.75) is 30.0 Å². The van der Waals surface area contributed by atoms with E-state index in [-0.39, 0.29) is 24.7 Å². The fraction of sp³-hybridized carbons (Fsp3) is 0.296. The van der Waals surface area contributed by atoms with Gasteiger partial charge in [0.05, 0.1) is 35.4 Å². The maximum absolute atomic E-state index is 13.9. The second-order valence-corrected chi connectivity index (χ2v) is 10.8. The van der Waals surface area contributed by atoms with Crippen molar-refractivity contribution < 1.29 is 33.4 Å². The highest BCUT2D eigenvalue weighted by Gasteiger charge is 2.56. The number of rotatable bonds is 8. The minimum absolute atomic E-state index is 0.210. The molecule has 1 fully saturated rings. The molecule has 2 amide bonds. The number of aromatic nitrogens is 1. The average Bonchev–Trinajstić information content (AvgIpc) is 3.42. The van der Waals surface area contributed by atoms with E-state index >= 15 is 0 Å². The zero-order valence-electron chi connectivity index (χ0n) is 21.0. The van der Waals surface area contributed by atoms with Crippen LogP contribution < -0.4 is 14.5 Å².